The number of carbonyl (C=O) groups excluding carboxylic acids is 2. The molecule has 7 nitrogen and oxygen atoms in total. The zero-order chi connectivity index (χ0) is 21.8. The van der Waals surface area contributed by atoms with Crippen LogP contribution < -0.4 is 10.2 Å². The molecule has 3 aromatic rings. The summed E-state index contributed by atoms with van der Waals surface area (Å²) in [5.41, 5.74) is 2.68. The summed E-state index contributed by atoms with van der Waals surface area (Å²) >= 11 is 3.17. The second kappa shape index (κ2) is 9.06. The van der Waals surface area contributed by atoms with Gasteiger partial charge in [0.15, 0.2) is 10.4 Å². The average Bonchev–Trinajstić information content (AvgIpc) is 3.25. The van der Waals surface area contributed by atoms with Gasteiger partial charge in [-0.1, -0.05) is 12.1 Å². The molecule has 1 aliphatic rings. The number of hydrogen-bond acceptors (Lipinski definition) is 5. The van der Waals surface area contributed by atoms with Gasteiger partial charge in [-0.3, -0.25) is 9.59 Å². The number of amides is 2. The Labute approximate surface area is 188 Å². The quantitative estimate of drug-likeness (QED) is 0.608. The average molecular weight is 479 g/mol. The molecule has 8 heteroatoms. The number of piperazine rings is 1. The lowest BCUT2D eigenvalue weighted by Gasteiger charge is -2.36. The van der Waals surface area contributed by atoms with Crippen molar-refractivity contribution in [3.05, 3.63) is 82.2 Å². The lowest BCUT2D eigenvalue weighted by atomic mass is 10.1. The second-order valence-electron chi connectivity index (χ2n) is 7.04. The number of rotatable bonds is 4. The molecule has 0 radical (unpaired) electrons. The smallest absolute Gasteiger partial charge is 0.291 e. The molecule has 1 N–H and O–H groups in total. The van der Waals surface area contributed by atoms with Crippen LogP contribution >= 0.6 is 15.9 Å². The molecule has 2 amide bonds. The van der Waals surface area contributed by atoms with Crippen LogP contribution in [0.2, 0.25) is 0 Å². The molecule has 1 fully saturated rings. The van der Waals surface area contributed by atoms with Gasteiger partial charge in [-0.15, -0.1) is 0 Å². The molecule has 0 aliphatic carbocycles. The van der Waals surface area contributed by atoms with Gasteiger partial charge in [0, 0.05) is 37.4 Å². The van der Waals surface area contributed by atoms with Gasteiger partial charge >= 0.3 is 0 Å². The molecule has 1 aromatic heterocycles. The van der Waals surface area contributed by atoms with Gasteiger partial charge in [0.25, 0.3) is 11.8 Å². The molecule has 0 bridgehead atoms. The number of nitriles is 1. The Bertz CT molecular complexity index is 1140. The molecular weight excluding hydrogens is 460 g/mol. The number of halogens is 1. The van der Waals surface area contributed by atoms with E-state index in [0.717, 1.165) is 5.69 Å². The lowest BCUT2D eigenvalue weighted by molar-refractivity contribution is 0.0746. The van der Waals surface area contributed by atoms with E-state index in [4.69, 9.17) is 4.42 Å². The van der Waals surface area contributed by atoms with Gasteiger partial charge in [-0.2, -0.15) is 5.26 Å². The second-order valence-corrected chi connectivity index (χ2v) is 7.83. The minimum atomic E-state index is -0.362. The van der Waals surface area contributed by atoms with Gasteiger partial charge in [0.05, 0.1) is 11.3 Å². The first-order valence-electron chi connectivity index (χ1n) is 9.75. The fourth-order valence-electron chi connectivity index (χ4n) is 3.50. The van der Waals surface area contributed by atoms with Crippen LogP contribution in [0.3, 0.4) is 0 Å². The number of carbonyl (C=O) groups is 2. The Kier molecular flexibility index (Phi) is 6.05. The van der Waals surface area contributed by atoms with Crippen LogP contribution in [-0.4, -0.2) is 42.9 Å². The zero-order valence-electron chi connectivity index (χ0n) is 16.5. The number of para-hydroxylation sites is 1. The first-order valence-corrected chi connectivity index (χ1v) is 10.5. The molecule has 156 valence electrons. The summed E-state index contributed by atoms with van der Waals surface area (Å²) in [6.45, 7) is 2.48. The van der Waals surface area contributed by atoms with Crippen molar-refractivity contribution in [1.29, 1.82) is 5.26 Å². The zero-order valence-corrected chi connectivity index (χ0v) is 18.1. The van der Waals surface area contributed by atoms with Crippen molar-refractivity contribution in [1.82, 2.24) is 4.90 Å². The number of nitrogens with zero attached hydrogens (tertiary/aromatic N) is 3. The maximum absolute atomic E-state index is 12.9. The van der Waals surface area contributed by atoms with Crippen LogP contribution in [0.4, 0.5) is 11.4 Å². The topological polar surface area (TPSA) is 89.6 Å². The Morgan fingerprint density at radius 1 is 0.968 bits per heavy atom. The monoisotopic (exact) mass is 478 g/mol. The number of nitrogens with one attached hydrogen (secondary N) is 1. The molecule has 0 unspecified atom stereocenters. The molecule has 2 heterocycles. The fraction of sp³-hybridized carbons (Fsp3) is 0.174. The molecule has 1 aliphatic heterocycles. The van der Waals surface area contributed by atoms with E-state index < -0.39 is 0 Å². The Hall–Kier alpha value is -3.57. The van der Waals surface area contributed by atoms with E-state index in [1.54, 1.807) is 47.4 Å². The van der Waals surface area contributed by atoms with Crippen molar-refractivity contribution in [2.75, 3.05) is 36.4 Å². The standard InChI is InChI=1S/C23H19BrN4O3/c24-21-10-9-20(31-21)22(29)26-18-7-5-16(6-8-18)23(30)28-13-11-27(12-14-28)19-4-2-1-3-17(19)15-25/h1-10H,11-14H2,(H,26,29). The molecule has 4 rings (SSSR count). The molecule has 2 aromatic carbocycles. The predicted octanol–water partition coefficient (Wildman–Crippen LogP) is 4.13. The highest BCUT2D eigenvalue weighted by atomic mass is 79.9. The third kappa shape index (κ3) is 4.62. The van der Waals surface area contributed by atoms with E-state index in [-0.39, 0.29) is 17.6 Å². The number of benzene rings is 2. The number of anilines is 2. The summed E-state index contributed by atoms with van der Waals surface area (Å²) < 4.78 is 5.72. The van der Waals surface area contributed by atoms with Crippen molar-refractivity contribution >= 4 is 39.1 Å². The van der Waals surface area contributed by atoms with E-state index in [0.29, 0.717) is 47.7 Å². The molecular formula is C23H19BrN4O3. The molecule has 1 saturated heterocycles. The predicted molar refractivity (Wildman–Crippen MR) is 120 cm³/mol. The first kappa shape index (κ1) is 20.7. The van der Waals surface area contributed by atoms with Gasteiger partial charge in [0.2, 0.25) is 0 Å². The van der Waals surface area contributed by atoms with E-state index in [1.807, 2.05) is 18.2 Å². The maximum atomic E-state index is 12.9. The van der Waals surface area contributed by atoms with Crippen LogP contribution in [0.25, 0.3) is 0 Å². The largest absolute Gasteiger partial charge is 0.444 e. The molecule has 0 saturated carbocycles. The van der Waals surface area contributed by atoms with Crippen LogP contribution in [-0.2, 0) is 0 Å². The Balaban J connectivity index is 1.36. The van der Waals surface area contributed by atoms with Crippen LogP contribution in [0, 0.1) is 11.3 Å². The SMILES string of the molecule is N#Cc1ccccc1N1CCN(C(=O)c2ccc(NC(=O)c3ccc(Br)o3)cc2)CC1. The van der Waals surface area contributed by atoms with E-state index in [9.17, 15) is 14.9 Å². The maximum Gasteiger partial charge on any atom is 0.291 e. The van der Waals surface area contributed by atoms with Crippen molar-refractivity contribution in [3.63, 3.8) is 0 Å². The molecule has 0 spiro atoms. The summed E-state index contributed by atoms with van der Waals surface area (Å²) in [5.74, 6) is -0.220. The Morgan fingerprint density at radius 2 is 1.68 bits per heavy atom. The van der Waals surface area contributed by atoms with Crippen molar-refractivity contribution in [2.45, 2.75) is 0 Å². The van der Waals surface area contributed by atoms with Crippen LogP contribution in [0.1, 0.15) is 26.5 Å². The first-order chi connectivity index (χ1) is 15.0. The third-order valence-corrected chi connectivity index (χ3v) is 5.54. The fourth-order valence-corrected chi connectivity index (χ4v) is 3.81. The summed E-state index contributed by atoms with van der Waals surface area (Å²) in [4.78, 5) is 29.0. The highest BCUT2D eigenvalue weighted by Gasteiger charge is 2.23. The normalized spacial score (nSPS) is 13.5. The third-order valence-electron chi connectivity index (χ3n) is 5.12. The summed E-state index contributed by atoms with van der Waals surface area (Å²) in [6, 6.07) is 19.7. The van der Waals surface area contributed by atoms with E-state index in [2.05, 4.69) is 32.2 Å². The van der Waals surface area contributed by atoms with Gasteiger partial charge in [0.1, 0.15) is 6.07 Å². The Morgan fingerprint density at radius 3 is 2.32 bits per heavy atom. The lowest BCUT2D eigenvalue weighted by Crippen LogP contribution is -2.49. The van der Waals surface area contributed by atoms with Crippen LogP contribution in [0.15, 0.2) is 69.8 Å². The highest BCUT2D eigenvalue weighted by molar-refractivity contribution is 9.10. The summed E-state index contributed by atoms with van der Waals surface area (Å²) in [5, 5.41) is 12.0. The van der Waals surface area contributed by atoms with E-state index in [1.165, 1.54) is 0 Å². The number of hydrogen-bond donors (Lipinski definition) is 1. The summed E-state index contributed by atoms with van der Waals surface area (Å²) in [7, 11) is 0. The van der Waals surface area contributed by atoms with Crippen LogP contribution in [0.5, 0.6) is 0 Å². The molecule has 31 heavy (non-hydrogen) atoms. The summed E-state index contributed by atoms with van der Waals surface area (Å²) in [6.07, 6.45) is 0. The van der Waals surface area contributed by atoms with Gasteiger partial charge in [-0.05, 0) is 64.5 Å². The van der Waals surface area contributed by atoms with Crippen molar-refractivity contribution in [2.24, 2.45) is 0 Å². The van der Waals surface area contributed by atoms with Crippen molar-refractivity contribution < 1.29 is 14.0 Å². The number of furan rings is 1. The van der Waals surface area contributed by atoms with Gasteiger partial charge in [-0.25, -0.2) is 0 Å². The van der Waals surface area contributed by atoms with Crippen molar-refractivity contribution in [3.8, 4) is 6.07 Å². The van der Waals surface area contributed by atoms with Gasteiger partial charge < -0.3 is 19.5 Å². The van der Waals surface area contributed by atoms with E-state index >= 15 is 0 Å². The highest BCUT2D eigenvalue weighted by Crippen LogP contribution is 2.22. The minimum absolute atomic E-state index is 0.0546. The molecule has 0 atom stereocenters. The minimum Gasteiger partial charge on any atom is -0.444 e.